The van der Waals surface area contributed by atoms with Crippen molar-refractivity contribution in [2.24, 2.45) is 0 Å². The van der Waals surface area contributed by atoms with Crippen LogP contribution < -0.4 is 10.1 Å². The third kappa shape index (κ3) is 2.80. The molecule has 0 bridgehead atoms. The molecule has 1 N–H and O–H groups in total. The highest BCUT2D eigenvalue weighted by Gasteiger charge is 2.58. The number of hydrogen-bond acceptors (Lipinski definition) is 6. The summed E-state index contributed by atoms with van der Waals surface area (Å²) in [7, 11) is 1.54. The van der Waals surface area contributed by atoms with E-state index in [2.05, 4.69) is 5.32 Å². The Morgan fingerprint density at radius 3 is 2.11 bits per heavy atom. The number of amides is 1. The van der Waals surface area contributed by atoms with Crippen LogP contribution in [-0.2, 0) is 4.74 Å². The first-order valence-electron chi connectivity index (χ1n) is 9.06. The number of rotatable bonds is 4. The zero-order chi connectivity index (χ0) is 19.7. The summed E-state index contributed by atoms with van der Waals surface area (Å²) in [5, 5.41) is 2.75. The van der Waals surface area contributed by atoms with Crippen molar-refractivity contribution in [2.75, 3.05) is 33.4 Å². The van der Waals surface area contributed by atoms with Gasteiger partial charge in [0, 0.05) is 29.8 Å². The highest BCUT2D eigenvalue weighted by Crippen LogP contribution is 2.33. The van der Waals surface area contributed by atoms with Crippen molar-refractivity contribution in [2.45, 2.75) is 5.66 Å². The number of fused-ring (bicyclic) bond motifs is 1. The number of morpholine rings is 1. The van der Waals surface area contributed by atoms with E-state index in [-0.39, 0.29) is 0 Å². The molecule has 2 aromatic carbocycles. The third-order valence-corrected chi connectivity index (χ3v) is 5.21. The molecule has 0 atom stereocenters. The second kappa shape index (κ2) is 7.18. The lowest BCUT2D eigenvalue weighted by Crippen LogP contribution is -2.69. The van der Waals surface area contributed by atoms with Gasteiger partial charge in [0.25, 0.3) is 5.91 Å². The van der Waals surface area contributed by atoms with E-state index in [0.29, 0.717) is 48.7 Å². The average Bonchev–Trinajstić information content (AvgIpc) is 2.97. The van der Waals surface area contributed by atoms with Crippen LogP contribution in [0.2, 0.25) is 0 Å². The molecule has 1 fully saturated rings. The fraction of sp³-hybridized carbons (Fsp3) is 0.286. The molecule has 0 radical (unpaired) electrons. The molecule has 144 valence electrons. The number of carbonyl (C=O) groups excluding carboxylic acids is 3. The van der Waals surface area contributed by atoms with Crippen LogP contribution >= 0.6 is 0 Å². The molecule has 0 spiro atoms. The number of nitrogens with one attached hydrogen (secondary N) is 1. The normalized spacial score (nSPS) is 18.6. The maximum atomic E-state index is 13.4. The van der Waals surface area contributed by atoms with Gasteiger partial charge in [-0.25, -0.2) is 0 Å². The Morgan fingerprint density at radius 1 is 1.00 bits per heavy atom. The Balaban J connectivity index is 1.73. The molecule has 0 saturated carbocycles. The van der Waals surface area contributed by atoms with Gasteiger partial charge in [-0.05, 0) is 24.3 Å². The summed E-state index contributed by atoms with van der Waals surface area (Å²) in [5.74, 6) is -0.697. The number of hydrogen-bond donors (Lipinski definition) is 1. The number of nitrogens with zero attached hydrogens (tertiary/aromatic N) is 1. The summed E-state index contributed by atoms with van der Waals surface area (Å²) in [6.45, 7) is 1.51. The van der Waals surface area contributed by atoms with Crippen LogP contribution in [0.3, 0.4) is 0 Å². The van der Waals surface area contributed by atoms with Crippen LogP contribution in [0.1, 0.15) is 31.1 Å². The molecular formula is C21H20N2O5. The molecule has 2 aliphatic rings. The molecule has 2 aromatic rings. The van der Waals surface area contributed by atoms with Gasteiger partial charge in [0.15, 0.2) is 0 Å². The van der Waals surface area contributed by atoms with Crippen LogP contribution in [0.5, 0.6) is 5.75 Å². The zero-order valence-electron chi connectivity index (χ0n) is 15.4. The molecule has 7 nitrogen and oxygen atoms in total. The predicted octanol–water partition coefficient (Wildman–Crippen LogP) is 1.53. The molecule has 4 rings (SSSR count). The van der Waals surface area contributed by atoms with E-state index in [1.165, 1.54) is 7.11 Å². The maximum Gasteiger partial charge on any atom is 0.253 e. The Hall–Kier alpha value is -3.03. The van der Waals surface area contributed by atoms with Crippen LogP contribution in [0.4, 0.5) is 0 Å². The molecule has 28 heavy (non-hydrogen) atoms. The molecular weight excluding hydrogens is 360 g/mol. The number of benzene rings is 2. The Kier molecular flexibility index (Phi) is 4.70. The van der Waals surface area contributed by atoms with Gasteiger partial charge >= 0.3 is 0 Å². The Morgan fingerprint density at radius 2 is 1.57 bits per heavy atom. The van der Waals surface area contributed by atoms with E-state index in [0.717, 1.165) is 0 Å². The molecule has 1 amide bonds. The monoisotopic (exact) mass is 380 g/mol. The minimum atomic E-state index is -1.75. The fourth-order valence-electron chi connectivity index (χ4n) is 3.73. The smallest absolute Gasteiger partial charge is 0.253 e. The predicted molar refractivity (Wildman–Crippen MR) is 101 cm³/mol. The summed E-state index contributed by atoms with van der Waals surface area (Å²) in [6.07, 6.45) is 0. The van der Waals surface area contributed by atoms with Crippen LogP contribution in [0.15, 0.2) is 48.5 Å². The quantitative estimate of drug-likeness (QED) is 0.810. The van der Waals surface area contributed by atoms with Crippen molar-refractivity contribution >= 4 is 17.5 Å². The third-order valence-electron chi connectivity index (χ3n) is 5.21. The number of Topliss-reactive ketones (excluding diaryl/α,β-unsaturated/α-hetero) is 2. The molecule has 1 aliphatic carbocycles. The van der Waals surface area contributed by atoms with Gasteiger partial charge in [0.2, 0.25) is 17.2 Å². The van der Waals surface area contributed by atoms with Crippen LogP contribution in [-0.4, -0.2) is 61.4 Å². The van der Waals surface area contributed by atoms with Gasteiger partial charge in [0.05, 0.1) is 20.3 Å². The number of carbonyl (C=O) groups is 3. The summed E-state index contributed by atoms with van der Waals surface area (Å²) in [4.78, 5) is 41.4. The van der Waals surface area contributed by atoms with Gasteiger partial charge in [-0.15, -0.1) is 0 Å². The highest BCUT2D eigenvalue weighted by atomic mass is 16.5. The number of ether oxygens (including phenoxy) is 2. The van der Waals surface area contributed by atoms with Crippen molar-refractivity contribution in [3.63, 3.8) is 0 Å². The zero-order valence-corrected chi connectivity index (χ0v) is 15.4. The first-order valence-corrected chi connectivity index (χ1v) is 9.06. The van der Waals surface area contributed by atoms with E-state index >= 15 is 0 Å². The van der Waals surface area contributed by atoms with E-state index < -0.39 is 23.1 Å². The van der Waals surface area contributed by atoms with Gasteiger partial charge in [-0.2, -0.15) is 0 Å². The van der Waals surface area contributed by atoms with Crippen molar-refractivity contribution in [1.29, 1.82) is 0 Å². The topological polar surface area (TPSA) is 84.9 Å². The molecule has 0 aromatic heterocycles. The van der Waals surface area contributed by atoms with E-state index in [1.807, 2.05) is 0 Å². The van der Waals surface area contributed by atoms with Gasteiger partial charge in [-0.1, -0.05) is 24.3 Å². The average molecular weight is 380 g/mol. The first kappa shape index (κ1) is 18.3. The van der Waals surface area contributed by atoms with E-state index in [1.54, 1.807) is 53.4 Å². The largest absolute Gasteiger partial charge is 0.497 e. The summed E-state index contributed by atoms with van der Waals surface area (Å²) < 4.78 is 10.5. The highest BCUT2D eigenvalue weighted by molar-refractivity contribution is 6.33. The first-order chi connectivity index (χ1) is 13.6. The lowest BCUT2D eigenvalue weighted by Gasteiger charge is -2.40. The molecule has 0 unspecified atom stereocenters. The number of ketones is 2. The van der Waals surface area contributed by atoms with E-state index in [4.69, 9.17) is 9.47 Å². The van der Waals surface area contributed by atoms with Gasteiger partial charge in [0.1, 0.15) is 5.75 Å². The Bertz CT molecular complexity index is 897. The lowest BCUT2D eigenvalue weighted by atomic mass is 9.99. The summed E-state index contributed by atoms with van der Waals surface area (Å²) in [5.41, 5.74) is -0.752. The van der Waals surface area contributed by atoms with Crippen molar-refractivity contribution in [1.82, 2.24) is 10.2 Å². The van der Waals surface area contributed by atoms with Crippen molar-refractivity contribution in [3.05, 3.63) is 65.2 Å². The molecule has 1 aliphatic heterocycles. The summed E-state index contributed by atoms with van der Waals surface area (Å²) >= 11 is 0. The standard InChI is InChI=1S/C21H20N2O5/c1-27-15-8-6-14(7-9-15)20(26)22-21(23-10-12-28-13-11-23)18(24)16-4-2-3-5-17(16)19(21)25/h2-9H,10-13H2,1H3,(H,22,26). The molecule has 7 heteroatoms. The lowest BCUT2D eigenvalue weighted by molar-refractivity contribution is -0.0151. The number of methoxy groups -OCH3 is 1. The minimum Gasteiger partial charge on any atom is -0.497 e. The maximum absolute atomic E-state index is 13.4. The molecule has 1 heterocycles. The second-order valence-electron chi connectivity index (χ2n) is 6.70. The van der Waals surface area contributed by atoms with Gasteiger partial charge in [-0.3, -0.25) is 19.3 Å². The van der Waals surface area contributed by atoms with Crippen molar-refractivity contribution < 1.29 is 23.9 Å². The van der Waals surface area contributed by atoms with Crippen LogP contribution in [0, 0.1) is 0 Å². The minimum absolute atomic E-state index is 0.328. The van der Waals surface area contributed by atoms with Crippen LogP contribution in [0.25, 0.3) is 0 Å². The Labute approximate surface area is 162 Å². The summed E-state index contributed by atoms with van der Waals surface area (Å²) in [6, 6.07) is 13.2. The SMILES string of the molecule is COc1ccc(C(=O)NC2(N3CCOCC3)C(=O)c3ccccc3C2=O)cc1. The van der Waals surface area contributed by atoms with E-state index in [9.17, 15) is 14.4 Å². The van der Waals surface area contributed by atoms with Crippen molar-refractivity contribution in [3.8, 4) is 5.75 Å². The molecule has 1 saturated heterocycles. The second-order valence-corrected chi connectivity index (χ2v) is 6.70. The van der Waals surface area contributed by atoms with Gasteiger partial charge < -0.3 is 14.8 Å². The fourth-order valence-corrected chi connectivity index (χ4v) is 3.73.